The first kappa shape index (κ1) is 14.8. The zero-order valence-electron chi connectivity index (χ0n) is 11.7. The molecule has 0 radical (unpaired) electrons. The maximum Gasteiger partial charge on any atom is 0.0710 e. The minimum Gasteiger partial charge on any atom is -0.380 e. The Morgan fingerprint density at radius 3 is 2.74 bits per heavy atom. The van der Waals surface area contributed by atoms with Crippen molar-refractivity contribution in [2.75, 3.05) is 33.8 Å². The minimum atomic E-state index is 0.388. The zero-order valence-corrected chi connectivity index (χ0v) is 12.5. The van der Waals surface area contributed by atoms with Crippen LogP contribution < -0.4 is 5.32 Å². The molecule has 2 rings (SSSR count). The van der Waals surface area contributed by atoms with E-state index in [1.807, 2.05) is 19.2 Å². The van der Waals surface area contributed by atoms with Crippen LogP contribution in [0.2, 0.25) is 5.02 Å². The summed E-state index contributed by atoms with van der Waals surface area (Å²) in [6, 6.07) is 8.51. The van der Waals surface area contributed by atoms with Gasteiger partial charge in [0, 0.05) is 37.8 Å². The molecule has 106 valence electrons. The summed E-state index contributed by atoms with van der Waals surface area (Å²) in [7, 11) is 3.82. The summed E-state index contributed by atoms with van der Waals surface area (Å²) in [6.45, 7) is 3.32. The van der Waals surface area contributed by atoms with Crippen molar-refractivity contribution < 1.29 is 4.74 Å². The lowest BCUT2D eigenvalue weighted by molar-refractivity contribution is 0.107. The number of nitrogens with zero attached hydrogens (tertiary/aromatic N) is 1. The second kappa shape index (κ2) is 7.25. The van der Waals surface area contributed by atoms with Crippen LogP contribution in [0.4, 0.5) is 0 Å². The third kappa shape index (κ3) is 4.18. The van der Waals surface area contributed by atoms with Gasteiger partial charge >= 0.3 is 0 Å². The molecule has 1 N–H and O–H groups in total. The van der Waals surface area contributed by atoms with Gasteiger partial charge in [-0.05, 0) is 37.6 Å². The number of hydrogen-bond acceptors (Lipinski definition) is 3. The first-order valence-electron chi connectivity index (χ1n) is 6.91. The standard InChI is InChI=1S/C15H23ClN2O/c1-17-15(12-3-5-13(16)6-4-12)8-10-18-9-7-14(11-18)19-2/h3-6,14-15,17H,7-11H2,1-2H3. The fraction of sp³-hybridized carbons (Fsp3) is 0.600. The predicted octanol–water partition coefficient (Wildman–Crippen LogP) is 2.71. The average Bonchev–Trinajstić information content (AvgIpc) is 2.89. The average molecular weight is 283 g/mol. The minimum absolute atomic E-state index is 0.388. The summed E-state index contributed by atoms with van der Waals surface area (Å²) in [6.07, 6.45) is 2.68. The molecular formula is C15H23ClN2O. The number of halogens is 1. The van der Waals surface area contributed by atoms with E-state index >= 15 is 0 Å². The van der Waals surface area contributed by atoms with Gasteiger partial charge in [-0.25, -0.2) is 0 Å². The van der Waals surface area contributed by atoms with Crippen molar-refractivity contribution >= 4 is 11.6 Å². The quantitative estimate of drug-likeness (QED) is 0.868. The Bertz CT molecular complexity index is 382. The van der Waals surface area contributed by atoms with Crippen LogP contribution in [0.15, 0.2) is 24.3 Å². The molecule has 1 saturated heterocycles. The third-order valence-electron chi connectivity index (χ3n) is 3.92. The molecule has 1 aliphatic rings. The summed E-state index contributed by atoms with van der Waals surface area (Å²) < 4.78 is 5.40. The Morgan fingerprint density at radius 1 is 1.42 bits per heavy atom. The van der Waals surface area contributed by atoms with Gasteiger partial charge < -0.3 is 15.0 Å². The van der Waals surface area contributed by atoms with E-state index in [4.69, 9.17) is 16.3 Å². The van der Waals surface area contributed by atoms with E-state index in [0.717, 1.165) is 37.5 Å². The van der Waals surface area contributed by atoms with Crippen LogP contribution >= 0.6 is 11.6 Å². The van der Waals surface area contributed by atoms with Crippen molar-refractivity contribution in [1.29, 1.82) is 0 Å². The van der Waals surface area contributed by atoms with Crippen LogP contribution in [0.5, 0.6) is 0 Å². The summed E-state index contributed by atoms with van der Waals surface area (Å²) in [5.74, 6) is 0. The molecular weight excluding hydrogens is 260 g/mol. The highest BCUT2D eigenvalue weighted by atomic mass is 35.5. The molecule has 0 bridgehead atoms. The Morgan fingerprint density at radius 2 is 2.16 bits per heavy atom. The highest BCUT2D eigenvalue weighted by Crippen LogP contribution is 2.21. The topological polar surface area (TPSA) is 24.5 Å². The smallest absolute Gasteiger partial charge is 0.0710 e. The van der Waals surface area contributed by atoms with Gasteiger partial charge in [-0.3, -0.25) is 0 Å². The van der Waals surface area contributed by atoms with Gasteiger partial charge in [0.05, 0.1) is 6.10 Å². The number of nitrogens with one attached hydrogen (secondary N) is 1. The molecule has 0 aliphatic carbocycles. The Hall–Kier alpha value is -0.610. The van der Waals surface area contributed by atoms with Crippen LogP contribution in [-0.2, 0) is 4.74 Å². The second-order valence-electron chi connectivity index (χ2n) is 5.13. The van der Waals surface area contributed by atoms with Crippen LogP contribution in [0.25, 0.3) is 0 Å². The van der Waals surface area contributed by atoms with E-state index in [2.05, 4.69) is 22.3 Å². The highest BCUT2D eigenvalue weighted by molar-refractivity contribution is 6.30. The molecule has 0 aromatic heterocycles. The fourth-order valence-corrected chi connectivity index (χ4v) is 2.80. The van der Waals surface area contributed by atoms with Crippen LogP contribution in [0.1, 0.15) is 24.4 Å². The van der Waals surface area contributed by atoms with Crippen LogP contribution in [0, 0.1) is 0 Å². The van der Waals surface area contributed by atoms with Gasteiger partial charge in [-0.1, -0.05) is 23.7 Å². The molecule has 3 nitrogen and oxygen atoms in total. The molecule has 0 spiro atoms. The summed E-state index contributed by atoms with van der Waals surface area (Å²) in [5.41, 5.74) is 1.30. The number of methoxy groups -OCH3 is 1. The molecule has 1 fully saturated rings. The molecule has 2 atom stereocenters. The molecule has 0 amide bonds. The third-order valence-corrected chi connectivity index (χ3v) is 4.17. The van der Waals surface area contributed by atoms with E-state index in [9.17, 15) is 0 Å². The van der Waals surface area contributed by atoms with Crippen LogP contribution in [-0.4, -0.2) is 44.8 Å². The van der Waals surface area contributed by atoms with Gasteiger partial charge in [-0.15, -0.1) is 0 Å². The molecule has 0 saturated carbocycles. The molecule has 2 unspecified atom stereocenters. The maximum atomic E-state index is 5.93. The lowest BCUT2D eigenvalue weighted by Gasteiger charge is -2.21. The summed E-state index contributed by atoms with van der Waals surface area (Å²) in [4.78, 5) is 2.48. The van der Waals surface area contributed by atoms with Gasteiger partial charge in [-0.2, -0.15) is 0 Å². The second-order valence-corrected chi connectivity index (χ2v) is 5.56. The van der Waals surface area contributed by atoms with E-state index in [0.29, 0.717) is 12.1 Å². The van der Waals surface area contributed by atoms with E-state index in [-0.39, 0.29) is 0 Å². The first-order chi connectivity index (χ1) is 9.22. The molecule has 1 heterocycles. The summed E-state index contributed by atoms with van der Waals surface area (Å²) in [5, 5.41) is 4.18. The maximum absolute atomic E-state index is 5.93. The molecule has 4 heteroatoms. The molecule has 1 aromatic rings. The first-order valence-corrected chi connectivity index (χ1v) is 7.28. The molecule has 19 heavy (non-hydrogen) atoms. The van der Waals surface area contributed by atoms with Crippen molar-refractivity contribution in [1.82, 2.24) is 10.2 Å². The van der Waals surface area contributed by atoms with Crippen molar-refractivity contribution in [3.8, 4) is 0 Å². The number of rotatable bonds is 6. The van der Waals surface area contributed by atoms with Gasteiger partial charge in [0.2, 0.25) is 0 Å². The Balaban J connectivity index is 1.84. The van der Waals surface area contributed by atoms with Gasteiger partial charge in [0.15, 0.2) is 0 Å². The fourth-order valence-electron chi connectivity index (χ4n) is 2.68. The molecule has 1 aromatic carbocycles. The van der Waals surface area contributed by atoms with E-state index < -0.39 is 0 Å². The number of likely N-dealkylation sites (tertiary alicyclic amines) is 1. The summed E-state index contributed by atoms with van der Waals surface area (Å²) >= 11 is 5.93. The zero-order chi connectivity index (χ0) is 13.7. The van der Waals surface area contributed by atoms with Crippen molar-refractivity contribution in [2.24, 2.45) is 0 Å². The predicted molar refractivity (Wildman–Crippen MR) is 79.7 cm³/mol. The lowest BCUT2D eigenvalue weighted by atomic mass is 10.0. The highest BCUT2D eigenvalue weighted by Gasteiger charge is 2.22. The van der Waals surface area contributed by atoms with E-state index in [1.165, 1.54) is 5.56 Å². The molecule has 1 aliphatic heterocycles. The van der Waals surface area contributed by atoms with Gasteiger partial charge in [0.25, 0.3) is 0 Å². The van der Waals surface area contributed by atoms with Crippen molar-refractivity contribution in [3.63, 3.8) is 0 Å². The lowest BCUT2D eigenvalue weighted by Crippen LogP contribution is -2.27. The number of benzene rings is 1. The normalized spacial score (nSPS) is 21.7. The van der Waals surface area contributed by atoms with Crippen LogP contribution in [0.3, 0.4) is 0 Å². The largest absolute Gasteiger partial charge is 0.380 e. The Labute approximate surface area is 120 Å². The number of hydrogen-bond donors (Lipinski definition) is 1. The SMILES string of the molecule is CNC(CCN1CCC(OC)C1)c1ccc(Cl)cc1. The monoisotopic (exact) mass is 282 g/mol. The van der Waals surface area contributed by atoms with Gasteiger partial charge in [0.1, 0.15) is 0 Å². The number of ether oxygens (including phenoxy) is 1. The van der Waals surface area contributed by atoms with E-state index in [1.54, 1.807) is 7.11 Å². The Kier molecular flexibility index (Phi) is 5.64. The van der Waals surface area contributed by atoms with Crippen molar-refractivity contribution in [3.05, 3.63) is 34.9 Å². The van der Waals surface area contributed by atoms with Crippen molar-refractivity contribution in [2.45, 2.75) is 25.0 Å².